The number of aromatic hydroxyl groups is 1. The highest BCUT2D eigenvalue weighted by Gasteiger charge is 2.33. The highest BCUT2D eigenvalue weighted by molar-refractivity contribution is 9.10. The normalized spacial score (nSPS) is 15.5. The van der Waals surface area contributed by atoms with Crippen LogP contribution in [0.2, 0.25) is 0 Å². The summed E-state index contributed by atoms with van der Waals surface area (Å²) in [6.45, 7) is 1.64. The molecule has 0 amide bonds. The molecule has 0 spiro atoms. The van der Waals surface area contributed by atoms with Gasteiger partial charge in [0.05, 0.1) is 29.1 Å². The van der Waals surface area contributed by atoms with Gasteiger partial charge in [0.25, 0.3) is 5.56 Å². The maximum Gasteiger partial charge on any atom is 0.416 e. The highest BCUT2D eigenvalue weighted by Crippen LogP contribution is 2.41. The van der Waals surface area contributed by atoms with Gasteiger partial charge in [-0.1, -0.05) is 12.1 Å². The van der Waals surface area contributed by atoms with Crippen LogP contribution in [-0.4, -0.2) is 28.9 Å². The van der Waals surface area contributed by atoms with Crippen LogP contribution in [-0.2, 0) is 17.3 Å². The van der Waals surface area contributed by atoms with Gasteiger partial charge in [0, 0.05) is 4.47 Å². The zero-order valence-corrected chi connectivity index (χ0v) is 18.3. The van der Waals surface area contributed by atoms with Crippen molar-refractivity contribution in [2.24, 2.45) is 0 Å². The third-order valence-corrected chi connectivity index (χ3v) is 5.93. The van der Waals surface area contributed by atoms with E-state index in [2.05, 4.69) is 15.9 Å². The minimum atomic E-state index is -4.45. The molecule has 1 unspecified atom stereocenters. The maximum atomic E-state index is 13.3. The van der Waals surface area contributed by atoms with Crippen molar-refractivity contribution in [2.45, 2.75) is 25.6 Å². The van der Waals surface area contributed by atoms with E-state index >= 15 is 0 Å². The minimum Gasteiger partial charge on any atom is -0.506 e. The topological polar surface area (TPSA) is 77.8 Å². The predicted octanol–water partition coefficient (Wildman–Crippen LogP) is 4.84. The molecule has 0 radical (unpaired) electrons. The molecule has 1 aliphatic rings. The number of esters is 1. The van der Waals surface area contributed by atoms with E-state index in [1.165, 1.54) is 16.7 Å². The largest absolute Gasteiger partial charge is 0.506 e. The Balaban J connectivity index is 1.87. The summed E-state index contributed by atoms with van der Waals surface area (Å²) in [7, 11) is 0. The summed E-state index contributed by atoms with van der Waals surface area (Å²) in [5.74, 6) is -1.14. The highest BCUT2D eigenvalue weighted by atomic mass is 79.9. The van der Waals surface area contributed by atoms with Crippen molar-refractivity contribution in [1.29, 1.82) is 0 Å². The first kappa shape index (κ1) is 22.2. The molecule has 1 atom stereocenters. The van der Waals surface area contributed by atoms with E-state index < -0.39 is 40.6 Å². The Kier molecular flexibility index (Phi) is 5.66. The second kappa shape index (κ2) is 8.16. The Morgan fingerprint density at radius 3 is 2.56 bits per heavy atom. The molecule has 1 aromatic heterocycles. The van der Waals surface area contributed by atoms with Crippen LogP contribution in [0.15, 0.2) is 45.7 Å². The summed E-state index contributed by atoms with van der Waals surface area (Å²) >= 11 is 3.34. The summed E-state index contributed by atoms with van der Waals surface area (Å²) in [6.07, 6.45) is -4.28. The first-order chi connectivity index (χ1) is 15.1. The van der Waals surface area contributed by atoms with E-state index in [1.54, 1.807) is 19.1 Å². The molecule has 2 heterocycles. The van der Waals surface area contributed by atoms with Crippen molar-refractivity contribution in [3.8, 4) is 11.5 Å². The average Bonchev–Trinajstić information content (AvgIpc) is 2.73. The molecule has 0 bridgehead atoms. The molecule has 0 saturated heterocycles. The van der Waals surface area contributed by atoms with E-state index in [0.29, 0.717) is 15.8 Å². The number of rotatable bonds is 4. The van der Waals surface area contributed by atoms with E-state index in [-0.39, 0.29) is 30.5 Å². The van der Waals surface area contributed by atoms with Gasteiger partial charge in [-0.15, -0.1) is 0 Å². The summed E-state index contributed by atoms with van der Waals surface area (Å²) in [5.41, 5.74) is -1.19. The maximum absolute atomic E-state index is 13.3. The first-order valence-electron chi connectivity index (χ1n) is 9.69. The number of pyridine rings is 1. The van der Waals surface area contributed by atoms with Crippen molar-refractivity contribution in [1.82, 2.24) is 4.57 Å². The number of alkyl halides is 3. The van der Waals surface area contributed by atoms with Gasteiger partial charge in [-0.05, 0) is 59.1 Å². The quantitative estimate of drug-likeness (QED) is 0.507. The lowest BCUT2D eigenvalue weighted by Crippen LogP contribution is -2.36. The van der Waals surface area contributed by atoms with Crippen molar-refractivity contribution in [3.63, 3.8) is 0 Å². The molecule has 1 N–H and O–H groups in total. The molecule has 10 heteroatoms. The standard InChI is InChI=1S/C22H17BrF3NO5/c1-2-31-21(30)17-19(28)16-14(23)7-8-15-18(16)27(20(17)29)13(10-32-15)9-11-3-5-12(6-4-11)22(24,25)26/h3-8,13,28H,2,9-10H2,1H3. The average molecular weight is 512 g/mol. The molecule has 168 valence electrons. The Hall–Kier alpha value is -3.01. The zero-order chi connectivity index (χ0) is 23.2. The number of hydrogen-bond acceptors (Lipinski definition) is 5. The van der Waals surface area contributed by atoms with E-state index in [1.807, 2.05) is 0 Å². The fourth-order valence-corrected chi connectivity index (χ4v) is 4.33. The molecule has 4 rings (SSSR count). The SMILES string of the molecule is CCOC(=O)c1c(O)c2c(Br)ccc3c2n(c1=O)C(Cc1ccc(C(F)(F)F)cc1)CO3. The van der Waals surface area contributed by atoms with Crippen LogP contribution >= 0.6 is 15.9 Å². The number of ether oxygens (including phenoxy) is 2. The van der Waals surface area contributed by atoms with Crippen LogP contribution in [0.25, 0.3) is 10.9 Å². The zero-order valence-electron chi connectivity index (χ0n) is 16.7. The van der Waals surface area contributed by atoms with E-state index in [0.717, 1.165) is 12.1 Å². The lowest BCUT2D eigenvalue weighted by molar-refractivity contribution is -0.137. The van der Waals surface area contributed by atoms with Gasteiger partial charge in [-0.3, -0.25) is 9.36 Å². The number of carbonyl (C=O) groups excluding carboxylic acids is 1. The monoisotopic (exact) mass is 511 g/mol. The lowest BCUT2D eigenvalue weighted by atomic mass is 10.0. The summed E-state index contributed by atoms with van der Waals surface area (Å²) in [6, 6.07) is 7.25. The van der Waals surface area contributed by atoms with Crippen LogP contribution in [0.5, 0.6) is 11.5 Å². The lowest BCUT2D eigenvalue weighted by Gasteiger charge is -2.29. The van der Waals surface area contributed by atoms with Crippen LogP contribution < -0.4 is 10.3 Å². The van der Waals surface area contributed by atoms with Gasteiger partial charge in [0.2, 0.25) is 0 Å². The molecule has 6 nitrogen and oxygen atoms in total. The van der Waals surface area contributed by atoms with Gasteiger partial charge in [-0.25, -0.2) is 4.79 Å². The second-order valence-corrected chi connectivity index (χ2v) is 8.11. The fraction of sp³-hybridized carbons (Fsp3) is 0.273. The number of aromatic nitrogens is 1. The van der Waals surface area contributed by atoms with Crippen LogP contribution in [0.1, 0.15) is 34.5 Å². The Bertz CT molecular complexity index is 1270. The summed E-state index contributed by atoms with van der Waals surface area (Å²) < 4.78 is 51.1. The minimum absolute atomic E-state index is 0.00898. The van der Waals surface area contributed by atoms with E-state index in [9.17, 15) is 27.9 Å². The van der Waals surface area contributed by atoms with Crippen molar-refractivity contribution >= 4 is 32.8 Å². The second-order valence-electron chi connectivity index (χ2n) is 7.25. The molecule has 0 saturated carbocycles. The molecule has 3 aromatic rings. The molecule has 0 aliphatic carbocycles. The Morgan fingerprint density at radius 1 is 1.25 bits per heavy atom. The van der Waals surface area contributed by atoms with Gasteiger partial charge < -0.3 is 14.6 Å². The number of halogens is 4. The van der Waals surface area contributed by atoms with Crippen molar-refractivity contribution in [3.05, 3.63) is 67.9 Å². The van der Waals surface area contributed by atoms with E-state index in [4.69, 9.17) is 9.47 Å². The Morgan fingerprint density at radius 2 is 1.94 bits per heavy atom. The molecule has 1 aliphatic heterocycles. The van der Waals surface area contributed by atoms with Crippen molar-refractivity contribution < 1.29 is 32.5 Å². The number of hydrogen-bond donors (Lipinski definition) is 1. The number of benzene rings is 2. The van der Waals surface area contributed by atoms with Gasteiger partial charge in [0.1, 0.15) is 18.1 Å². The smallest absolute Gasteiger partial charge is 0.416 e. The fourth-order valence-electron chi connectivity index (χ4n) is 3.82. The first-order valence-corrected chi connectivity index (χ1v) is 10.5. The summed E-state index contributed by atoms with van der Waals surface area (Å²) in [4.78, 5) is 25.8. The molecule has 32 heavy (non-hydrogen) atoms. The molecular weight excluding hydrogens is 495 g/mol. The number of nitrogens with zero attached hydrogens (tertiary/aromatic N) is 1. The predicted molar refractivity (Wildman–Crippen MR) is 113 cm³/mol. The molecule has 2 aromatic carbocycles. The molecule has 0 fully saturated rings. The van der Waals surface area contributed by atoms with Gasteiger partial charge >= 0.3 is 12.1 Å². The summed E-state index contributed by atoms with van der Waals surface area (Å²) in [5, 5.41) is 11.0. The van der Waals surface area contributed by atoms with Gasteiger partial charge in [0.15, 0.2) is 5.56 Å². The van der Waals surface area contributed by atoms with Gasteiger partial charge in [-0.2, -0.15) is 13.2 Å². The third kappa shape index (κ3) is 3.72. The van der Waals surface area contributed by atoms with Crippen LogP contribution in [0.3, 0.4) is 0 Å². The Labute approximate surface area is 188 Å². The number of carbonyl (C=O) groups is 1. The molecular formula is C22H17BrF3NO5. The van der Waals surface area contributed by atoms with Crippen LogP contribution in [0, 0.1) is 0 Å². The van der Waals surface area contributed by atoms with Crippen LogP contribution in [0.4, 0.5) is 13.2 Å². The van der Waals surface area contributed by atoms with Crippen molar-refractivity contribution in [2.75, 3.05) is 13.2 Å². The third-order valence-electron chi connectivity index (χ3n) is 5.27.